The number of hydrogen-bond donors (Lipinski definition) is 3. The van der Waals surface area contributed by atoms with Crippen molar-refractivity contribution in [1.82, 2.24) is 5.32 Å². The molecule has 0 radical (unpaired) electrons. The van der Waals surface area contributed by atoms with Gasteiger partial charge in [0, 0.05) is 23.9 Å². The molecule has 6 nitrogen and oxygen atoms in total. The summed E-state index contributed by atoms with van der Waals surface area (Å²) in [4.78, 5) is 25.0. The van der Waals surface area contributed by atoms with Crippen LogP contribution in [0.1, 0.15) is 21.5 Å². The summed E-state index contributed by atoms with van der Waals surface area (Å²) in [7, 11) is 3.57. The monoisotopic (exact) mass is 418 g/mol. The molecule has 0 saturated heterocycles. The van der Waals surface area contributed by atoms with Gasteiger partial charge in [-0.15, -0.1) is 0 Å². The Morgan fingerprint density at radius 2 is 1.55 bits per heavy atom. The van der Waals surface area contributed by atoms with Gasteiger partial charge < -0.3 is 20.3 Å². The summed E-state index contributed by atoms with van der Waals surface area (Å²) in [6.45, 7) is 1.53. The van der Waals surface area contributed by atoms with E-state index in [-0.39, 0.29) is 11.8 Å². The smallest absolute Gasteiger partial charge is 0.279 e. The molecule has 0 spiro atoms. The number of ether oxygens (including phenoxy) is 1. The molecule has 0 heterocycles. The highest BCUT2D eigenvalue weighted by molar-refractivity contribution is 5.94. The molecule has 1 unspecified atom stereocenters. The molecule has 31 heavy (non-hydrogen) atoms. The average Bonchev–Trinajstić information content (AvgIpc) is 2.79. The number of rotatable bonds is 9. The summed E-state index contributed by atoms with van der Waals surface area (Å²) in [5, 5.41) is 5.53. The van der Waals surface area contributed by atoms with E-state index in [4.69, 9.17) is 4.74 Å². The number of benzene rings is 3. The molecule has 2 amide bonds. The minimum atomic E-state index is -0.108. The van der Waals surface area contributed by atoms with Crippen LogP contribution < -0.4 is 20.3 Å². The van der Waals surface area contributed by atoms with E-state index in [1.807, 2.05) is 73.8 Å². The fourth-order valence-corrected chi connectivity index (χ4v) is 3.18. The van der Waals surface area contributed by atoms with Crippen LogP contribution in [0.25, 0.3) is 0 Å². The van der Waals surface area contributed by atoms with Crippen molar-refractivity contribution in [2.24, 2.45) is 0 Å². The zero-order valence-corrected chi connectivity index (χ0v) is 17.9. The molecule has 3 N–H and O–H groups in total. The fourth-order valence-electron chi connectivity index (χ4n) is 3.18. The van der Waals surface area contributed by atoms with Gasteiger partial charge in [0.05, 0.1) is 7.05 Å². The van der Waals surface area contributed by atoms with Crippen LogP contribution in [-0.2, 0) is 17.9 Å². The number of amides is 2. The van der Waals surface area contributed by atoms with Crippen molar-refractivity contribution in [2.75, 3.05) is 26.0 Å². The van der Waals surface area contributed by atoms with Gasteiger partial charge in [0.25, 0.3) is 11.8 Å². The summed E-state index contributed by atoms with van der Waals surface area (Å²) < 4.78 is 5.77. The molecule has 0 aliphatic heterocycles. The molecule has 0 aromatic heterocycles. The molecule has 0 bridgehead atoms. The Hall–Kier alpha value is -3.64. The van der Waals surface area contributed by atoms with Crippen molar-refractivity contribution in [3.63, 3.8) is 0 Å². The molecular weight excluding hydrogens is 390 g/mol. The Morgan fingerprint density at radius 1 is 0.871 bits per heavy atom. The van der Waals surface area contributed by atoms with Crippen molar-refractivity contribution in [1.29, 1.82) is 0 Å². The van der Waals surface area contributed by atoms with Crippen molar-refractivity contribution in [3.05, 3.63) is 95.6 Å². The molecule has 0 saturated carbocycles. The largest absolute Gasteiger partial charge is 0.489 e. The first-order valence-electron chi connectivity index (χ1n) is 10.2. The van der Waals surface area contributed by atoms with Gasteiger partial charge in [-0.1, -0.05) is 42.5 Å². The lowest BCUT2D eigenvalue weighted by molar-refractivity contribution is -0.885. The second-order valence-corrected chi connectivity index (χ2v) is 7.43. The van der Waals surface area contributed by atoms with Crippen LogP contribution in [0.15, 0.2) is 78.9 Å². The Morgan fingerprint density at radius 3 is 2.19 bits per heavy atom. The number of anilines is 1. The standard InChI is InChI=1S/C25H27N3O3/c1-26-25(30)21-10-8-19(9-11-21)16-28(2)17-24(29)27-22-12-14-23(15-13-22)31-18-20-6-4-3-5-7-20/h3-15H,16-18H2,1-2H3,(H,26,30)(H,27,29)/p+1. The molecule has 0 aliphatic carbocycles. The normalized spacial score (nSPS) is 11.4. The predicted octanol–water partition coefficient (Wildman–Crippen LogP) is 2.28. The predicted molar refractivity (Wildman–Crippen MR) is 121 cm³/mol. The zero-order valence-electron chi connectivity index (χ0n) is 17.9. The fraction of sp³-hybridized carbons (Fsp3) is 0.200. The van der Waals surface area contributed by atoms with Gasteiger partial charge in [-0.05, 0) is 42.0 Å². The summed E-state index contributed by atoms with van der Waals surface area (Å²) >= 11 is 0. The average molecular weight is 419 g/mol. The van der Waals surface area contributed by atoms with Crippen molar-refractivity contribution < 1.29 is 19.2 Å². The molecule has 0 fully saturated rings. The summed E-state index contributed by atoms with van der Waals surface area (Å²) in [5.41, 5.74) is 3.53. The number of quaternary nitrogens is 1. The van der Waals surface area contributed by atoms with E-state index in [9.17, 15) is 9.59 Å². The zero-order chi connectivity index (χ0) is 22.1. The molecule has 3 aromatic rings. The number of hydrogen-bond acceptors (Lipinski definition) is 3. The molecule has 0 aliphatic rings. The topological polar surface area (TPSA) is 71.9 Å². The molecule has 160 valence electrons. The van der Waals surface area contributed by atoms with Gasteiger partial charge in [-0.3, -0.25) is 9.59 Å². The summed E-state index contributed by atoms with van der Waals surface area (Å²) in [6, 6.07) is 24.8. The van der Waals surface area contributed by atoms with Crippen LogP contribution in [0.5, 0.6) is 5.75 Å². The number of nitrogens with one attached hydrogen (secondary N) is 3. The molecule has 3 aromatic carbocycles. The Bertz CT molecular complexity index is 987. The van der Waals surface area contributed by atoms with E-state index in [1.54, 1.807) is 19.2 Å². The number of likely N-dealkylation sites (N-methyl/N-ethyl adjacent to an activating group) is 1. The lowest BCUT2D eigenvalue weighted by Gasteiger charge is -2.14. The second-order valence-electron chi connectivity index (χ2n) is 7.43. The molecule has 6 heteroatoms. The highest BCUT2D eigenvalue weighted by Gasteiger charge is 2.12. The van der Waals surface area contributed by atoms with Crippen molar-refractivity contribution in [2.45, 2.75) is 13.2 Å². The van der Waals surface area contributed by atoms with Crippen LogP contribution in [0.3, 0.4) is 0 Å². The molecular formula is C25H28N3O3+. The maximum atomic E-state index is 12.4. The third-order valence-electron chi connectivity index (χ3n) is 4.80. The van der Waals surface area contributed by atoms with E-state index in [0.29, 0.717) is 25.3 Å². The van der Waals surface area contributed by atoms with E-state index < -0.39 is 0 Å². The van der Waals surface area contributed by atoms with Gasteiger partial charge in [0.1, 0.15) is 18.9 Å². The highest BCUT2D eigenvalue weighted by atomic mass is 16.5. The molecule has 1 atom stereocenters. The minimum absolute atomic E-state index is 0.0579. The van der Waals surface area contributed by atoms with Crippen LogP contribution >= 0.6 is 0 Å². The van der Waals surface area contributed by atoms with Gasteiger partial charge in [0.15, 0.2) is 6.54 Å². The third-order valence-corrected chi connectivity index (χ3v) is 4.80. The minimum Gasteiger partial charge on any atom is -0.489 e. The van der Waals surface area contributed by atoms with Gasteiger partial charge in [-0.2, -0.15) is 0 Å². The second kappa shape index (κ2) is 10.9. The first kappa shape index (κ1) is 22.1. The Labute approximate surface area is 182 Å². The number of carbonyl (C=O) groups is 2. The number of carbonyl (C=O) groups excluding carboxylic acids is 2. The van der Waals surface area contributed by atoms with Crippen LogP contribution in [0.4, 0.5) is 5.69 Å². The van der Waals surface area contributed by atoms with E-state index in [1.165, 1.54) is 0 Å². The van der Waals surface area contributed by atoms with Gasteiger partial charge >= 0.3 is 0 Å². The lowest BCUT2D eigenvalue weighted by atomic mass is 10.1. The lowest BCUT2D eigenvalue weighted by Crippen LogP contribution is -3.08. The summed E-state index contributed by atoms with van der Waals surface area (Å²) in [6.07, 6.45) is 0. The maximum Gasteiger partial charge on any atom is 0.279 e. The quantitative estimate of drug-likeness (QED) is 0.499. The van der Waals surface area contributed by atoms with E-state index >= 15 is 0 Å². The van der Waals surface area contributed by atoms with Crippen molar-refractivity contribution in [3.8, 4) is 5.75 Å². The highest BCUT2D eigenvalue weighted by Crippen LogP contribution is 2.17. The van der Waals surface area contributed by atoms with Crippen LogP contribution in [0, 0.1) is 0 Å². The summed E-state index contributed by atoms with van der Waals surface area (Å²) in [5.74, 6) is 0.588. The first-order valence-corrected chi connectivity index (χ1v) is 10.2. The molecule has 3 rings (SSSR count). The van der Waals surface area contributed by atoms with Crippen LogP contribution in [0.2, 0.25) is 0 Å². The van der Waals surface area contributed by atoms with Crippen molar-refractivity contribution >= 4 is 17.5 Å². The van der Waals surface area contributed by atoms with Gasteiger partial charge in [-0.25, -0.2) is 0 Å². The van der Waals surface area contributed by atoms with Gasteiger partial charge in [0.2, 0.25) is 0 Å². The van der Waals surface area contributed by atoms with E-state index in [2.05, 4.69) is 10.6 Å². The SMILES string of the molecule is CNC(=O)c1ccc(C[NH+](C)CC(=O)Nc2ccc(OCc3ccccc3)cc2)cc1. The maximum absolute atomic E-state index is 12.4. The van der Waals surface area contributed by atoms with E-state index in [0.717, 1.165) is 27.5 Å². The Balaban J connectivity index is 1.44. The van der Waals surface area contributed by atoms with Crippen LogP contribution in [-0.4, -0.2) is 32.5 Å². The first-order chi connectivity index (χ1) is 15.0. The third kappa shape index (κ3) is 6.97. The Kier molecular flexibility index (Phi) is 7.79.